The van der Waals surface area contributed by atoms with Gasteiger partial charge in [0.1, 0.15) is 0 Å². The predicted octanol–water partition coefficient (Wildman–Crippen LogP) is 3.16. The highest BCUT2D eigenvalue weighted by Gasteiger charge is 2.29. The largest absolute Gasteiger partial charge is 0.481 e. The van der Waals surface area contributed by atoms with Crippen molar-refractivity contribution in [2.45, 2.75) is 58.8 Å². The number of rotatable bonds is 10. The highest BCUT2D eigenvalue weighted by atomic mass is 16.4. The molecule has 2 N–H and O–H groups in total. The maximum absolute atomic E-state index is 10.9. The van der Waals surface area contributed by atoms with Gasteiger partial charge in [0.15, 0.2) is 0 Å². The summed E-state index contributed by atoms with van der Waals surface area (Å²) < 4.78 is 0. The van der Waals surface area contributed by atoms with Gasteiger partial charge in [-0.15, -0.1) is 0 Å². The molecule has 0 saturated heterocycles. The van der Waals surface area contributed by atoms with Crippen molar-refractivity contribution in [2.24, 2.45) is 11.8 Å². The Labute approximate surface area is 103 Å². The zero-order chi connectivity index (χ0) is 13.3. The normalized spacial score (nSPS) is 14.2. The summed E-state index contributed by atoms with van der Waals surface area (Å²) in [6, 6.07) is 0. The van der Waals surface area contributed by atoms with Crippen molar-refractivity contribution in [1.82, 2.24) is 0 Å². The van der Waals surface area contributed by atoms with E-state index < -0.39 is 23.8 Å². The lowest BCUT2D eigenvalue weighted by molar-refractivity contribution is -0.153. The Bertz CT molecular complexity index is 238. The summed E-state index contributed by atoms with van der Waals surface area (Å²) in [5, 5.41) is 17.8. The second-order valence-electron chi connectivity index (χ2n) is 4.63. The van der Waals surface area contributed by atoms with Gasteiger partial charge < -0.3 is 10.2 Å². The first-order valence-electron chi connectivity index (χ1n) is 6.46. The lowest BCUT2D eigenvalue weighted by Gasteiger charge is -2.16. The molecule has 0 amide bonds. The molecule has 0 aliphatic rings. The minimum absolute atomic E-state index is 0.467. The molecule has 0 aromatic heterocycles. The lowest BCUT2D eigenvalue weighted by atomic mass is 9.89. The SMILES string of the molecule is CCCCCCCC[C@@H](C(=O)O)[C@H](C)C(=O)O. The van der Waals surface area contributed by atoms with E-state index in [1.807, 2.05) is 0 Å². The second-order valence-corrected chi connectivity index (χ2v) is 4.63. The first-order valence-corrected chi connectivity index (χ1v) is 6.46. The van der Waals surface area contributed by atoms with Crippen LogP contribution in [0.4, 0.5) is 0 Å². The van der Waals surface area contributed by atoms with E-state index >= 15 is 0 Å². The third-order valence-corrected chi connectivity index (χ3v) is 3.18. The molecule has 0 spiro atoms. The van der Waals surface area contributed by atoms with Crippen molar-refractivity contribution in [2.75, 3.05) is 0 Å². The van der Waals surface area contributed by atoms with E-state index in [9.17, 15) is 9.59 Å². The monoisotopic (exact) mass is 244 g/mol. The third-order valence-electron chi connectivity index (χ3n) is 3.18. The Kier molecular flexibility index (Phi) is 8.46. The molecular formula is C13H24O4. The van der Waals surface area contributed by atoms with Gasteiger partial charge in [-0.05, 0) is 6.42 Å². The average Bonchev–Trinajstić information content (AvgIpc) is 2.26. The molecule has 0 aromatic carbocycles. The second kappa shape index (κ2) is 9.02. The van der Waals surface area contributed by atoms with Crippen LogP contribution in [0.15, 0.2) is 0 Å². The topological polar surface area (TPSA) is 74.6 Å². The fraction of sp³-hybridized carbons (Fsp3) is 0.846. The first-order chi connectivity index (χ1) is 8.00. The summed E-state index contributed by atoms with van der Waals surface area (Å²) in [7, 11) is 0. The summed E-state index contributed by atoms with van der Waals surface area (Å²) in [5.74, 6) is -3.57. The molecular weight excluding hydrogens is 220 g/mol. The minimum atomic E-state index is -1.02. The first kappa shape index (κ1) is 15.9. The Morgan fingerprint density at radius 1 is 0.941 bits per heavy atom. The Balaban J connectivity index is 3.87. The van der Waals surface area contributed by atoms with Gasteiger partial charge >= 0.3 is 11.9 Å². The van der Waals surface area contributed by atoms with Gasteiger partial charge in [-0.1, -0.05) is 52.4 Å². The summed E-state index contributed by atoms with van der Waals surface area (Å²) in [4.78, 5) is 21.7. The van der Waals surface area contributed by atoms with Crippen LogP contribution in [0.1, 0.15) is 58.8 Å². The van der Waals surface area contributed by atoms with E-state index in [2.05, 4.69) is 6.92 Å². The molecule has 4 nitrogen and oxygen atoms in total. The van der Waals surface area contributed by atoms with Crippen LogP contribution in [0.25, 0.3) is 0 Å². The fourth-order valence-electron chi connectivity index (χ4n) is 1.90. The maximum Gasteiger partial charge on any atom is 0.307 e. The molecule has 0 saturated carbocycles. The zero-order valence-corrected chi connectivity index (χ0v) is 10.8. The molecule has 0 unspecified atom stereocenters. The molecule has 0 heterocycles. The Morgan fingerprint density at radius 2 is 1.47 bits per heavy atom. The van der Waals surface area contributed by atoms with Gasteiger partial charge in [0.25, 0.3) is 0 Å². The molecule has 0 radical (unpaired) electrons. The predicted molar refractivity (Wildman–Crippen MR) is 65.9 cm³/mol. The van der Waals surface area contributed by atoms with Gasteiger partial charge in [-0.2, -0.15) is 0 Å². The standard InChI is InChI=1S/C13H24O4/c1-3-4-5-6-7-8-9-11(13(16)17)10(2)12(14)15/h10-11H,3-9H2,1-2H3,(H,14,15)(H,16,17)/t10-,11+/m0/s1. The number of hydrogen-bond acceptors (Lipinski definition) is 2. The van der Waals surface area contributed by atoms with Gasteiger partial charge in [-0.3, -0.25) is 9.59 Å². The molecule has 4 heteroatoms. The molecule has 17 heavy (non-hydrogen) atoms. The van der Waals surface area contributed by atoms with E-state index in [0.717, 1.165) is 19.3 Å². The molecule has 0 bridgehead atoms. The van der Waals surface area contributed by atoms with Gasteiger partial charge in [-0.25, -0.2) is 0 Å². The van der Waals surface area contributed by atoms with Crippen molar-refractivity contribution in [1.29, 1.82) is 0 Å². The maximum atomic E-state index is 10.9. The van der Waals surface area contributed by atoms with Crippen LogP contribution >= 0.6 is 0 Å². The van der Waals surface area contributed by atoms with Gasteiger partial charge in [0.05, 0.1) is 11.8 Å². The number of carbonyl (C=O) groups is 2. The molecule has 0 aliphatic carbocycles. The fourth-order valence-corrected chi connectivity index (χ4v) is 1.90. The number of aliphatic carboxylic acids is 2. The quantitative estimate of drug-likeness (QED) is 0.579. The number of carboxylic acid groups (broad SMARTS) is 2. The Morgan fingerprint density at radius 3 is 1.94 bits per heavy atom. The van der Waals surface area contributed by atoms with Crippen LogP contribution in [0, 0.1) is 11.8 Å². The van der Waals surface area contributed by atoms with Crippen molar-refractivity contribution >= 4 is 11.9 Å². The summed E-state index contributed by atoms with van der Waals surface area (Å²) in [6.07, 6.45) is 6.97. The van der Waals surface area contributed by atoms with Crippen LogP contribution in [0.2, 0.25) is 0 Å². The van der Waals surface area contributed by atoms with Crippen LogP contribution in [0.5, 0.6) is 0 Å². The summed E-state index contributed by atoms with van der Waals surface area (Å²) >= 11 is 0. The molecule has 0 rings (SSSR count). The van der Waals surface area contributed by atoms with Gasteiger partial charge in [0, 0.05) is 0 Å². The van der Waals surface area contributed by atoms with E-state index in [-0.39, 0.29) is 0 Å². The molecule has 0 aliphatic heterocycles. The third kappa shape index (κ3) is 6.97. The van der Waals surface area contributed by atoms with Crippen LogP contribution in [-0.2, 0) is 9.59 Å². The van der Waals surface area contributed by atoms with E-state index in [1.54, 1.807) is 0 Å². The number of hydrogen-bond donors (Lipinski definition) is 2. The summed E-state index contributed by atoms with van der Waals surface area (Å²) in [6.45, 7) is 3.62. The number of carboxylic acids is 2. The van der Waals surface area contributed by atoms with E-state index in [4.69, 9.17) is 10.2 Å². The Hall–Kier alpha value is -1.06. The van der Waals surface area contributed by atoms with Crippen molar-refractivity contribution in [3.63, 3.8) is 0 Å². The van der Waals surface area contributed by atoms with Crippen LogP contribution < -0.4 is 0 Å². The molecule has 100 valence electrons. The lowest BCUT2D eigenvalue weighted by Crippen LogP contribution is -2.27. The average molecular weight is 244 g/mol. The van der Waals surface area contributed by atoms with E-state index in [0.29, 0.717) is 6.42 Å². The van der Waals surface area contributed by atoms with Gasteiger partial charge in [0.2, 0.25) is 0 Å². The molecule has 2 atom stereocenters. The number of unbranched alkanes of at least 4 members (excludes halogenated alkanes) is 5. The van der Waals surface area contributed by atoms with Crippen molar-refractivity contribution in [3.05, 3.63) is 0 Å². The smallest absolute Gasteiger partial charge is 0.307 e. The summed E-state index contributed by atoms with van der Waals surface area (Å²) in [5.41, 5.74) is 0. The van der Waals surface area contributed by atoms with Crippen molar-refractivity contribution in [3.8, 4) is 0 Å². The molecule has 0 aromatic rings. The molecule has 0 fully saturated rings. The zero-order valence-electron chi connectivity index (χ0n) is 10.8. The van der Waals surface area contributed by atoms with E-state index in [1.165, 1.54) is 26.2 Å². The highest BCUT2D eigenvalue weighted by Crippen LogP contribution is 2.20. The van der Waals surface area contributed by atoms with Crippen molar-refractivity contribution < 1.29 is 19.8 Å². The minimum Gasteiger partial charge on any atom is -0.481 e. The highest BCUT2D eigenvalue weighted by molar-refractivity contribution is 5.79. The van der Waals surface area contributed by atoms with Crippen LogP contribution in [-0.4, -0.2) is 22.2 Å². The van der Waals surface area contributed by atoms with Crippen LogP contribution in [0.3, 0.4) is 0 Å².